The highest BCUT2D eigenvalue weighted by Gasteiger charge is 2.40. The second kappa shape index (κ2) is 9.80. The topological polar surface area (TPSA) is 83.6 Å². The first-order chi connectivity index (χ1) is 13.0. The molecule has 1 fully saturated rings. The third kappa shape index (κ3) is 5.12. The van der Waals surface area contributed by atoms with E-state index in [0.29, 0.717) is 12.0 Å². The molecule has 1 saturated heterocycles. The van der Waals surface area contributed by atoms with Crippen molar-refractivity contribution in [3.8, 4) is 0 Å². The maximum Gasteiger partial charge on any atom is 0.373 e. The summed E-state index contributed by atoms with van der Waals surface area (Å²) in [6.45, 7) is 2.04. The summed E-state index contributed by atoms with van der Waals surface area (Å²) in [5.41, 5.74) is 4.46. The number of halogens is 1. The standard InChI is InChI=1S/C19H19BrN2O2.CO2/c1-2-17-16(13-6-4-3-5-7-13)12-18(23)22(17)21-19(24)14-8-10-15(20)11-9-14;2-1-3/h3-11,16-17H,2,12H2,1H3,(H,21,24);/t16-,17-;/m0./s1. The Hall–Kier alpha value is -2.76. The van der Waals surface area contributed by atoms with Crippen LogP contribution in [0.1, 0.15) is 41.6 Å². The van der Waals surface area contributed by atoms with Gasteiger partial charge in [-0.05, 0) is 36.2 Å². The Bertz CT molecular complexity index is 818. The predicted octanol–water partition coefficient (Wildman–Crippen LogP) is 3.31. The molecule has 140 valence electrons. The lowest BCUT2D eigenvalue weighted by atomic mass is 9.90. The van der Waals surface area contributed by atoms with Crippen LogP contribution in [0.15, 0.2) is 59.1 Å². The molecule has 6 nitrogen and oxygen atoms in total. The summed E-state index contributed by atoms with van der Waals surface area (Å²) in [4.78, 5) is 41.1. The van der Waals surface area contributed by atoms with Gasteiger partial charge in [-0.2, -0.15) is 9.59 Å². The molecular weight excluding hydrogens is 412 g/mol. The van der Waals surface area contributed by atoms with Crippen molar-refractivity contribution in [1.82, 2.24) is 10.4 Å². The first-order valence-corrected chi connectivity index (χ1v) is 9.24. The Morgan fingerprint density at radius 1 is 1.15 bits per heavy atom. The lowest BCUT2D eigenvalue weighted by Crippen LogP contribution is -2.48. The van der Waals surface area contributed by atoms with Gasteiger partial charge in [-0.3, -0.25) is 20.0 Å². The van der Waals surface area contributed by atoms with Gasteiger partial charge in [0.1, 0.15) is 0 Å². The Labute approximate surface area is 165 Å². The molecule has 0 unspecified atom stereocenters. The van der Waals surface area contributed by atoms with Gasteiger partial charge in [-0.1, -0.05) is 53.2 Å². The van der Waals surface area contributed by atoms with Crippen molar-refractivity contribution in [2.75, 3.05) is 0 Å². The lowest BCUT2D eigenvalue weighted by molar-refractivity contribution is -0.191. The van der Waals surface area contributed by atoms with Crippen LogP contribution in [-0.4, -0.2) is 29.0 Å². The normalized spacial score (nSPS) is 18.3. The SMILES string of the molecule is CC[C@H]1[C@H](c2ccccc2)CC(=O)N1NC(=O)c1ccc(Br)cc1.O=C=O. The Morgan fingerprint density at radius 3 is 2.30 bits per heavy atom. The van der Waals surface area contributed by atoms with Gasteiger partial charge < -0.3 is 0 Å². The van der Waals surface area contributed by atoms with Crippen LogP contribution in [0.3, 0.4) is 0 Å². The number of hydrogen-bond donors (Lipinski definition) is 1. The molecule has 3 rings (SSSR count). The maximum absolute atomic E-state index is 12.5. The fraction of sp³-hybridized carbons (Fsp3) is 0.250. The molecule has 0 aliphatic carbocycles. The minimum absolute atomic E-state index is 0.0284. The summed E-state index contributed by atoms with van der Waals surface area (Å²) < 4.78 is 0.909. The van der Waals surface area contributed by atoms with Crippen molar-refractivity contribution < 1.29 is 19.2 Å². The highest BCUT2D eigenvalue weighted by atomic mass is 79.9. The van der Waals surface area contributed by atoms with Crippen LogP contribution < -0.4 is 5.43 Å². The van der Waals surface area contributed by atoms with Crippen molar-refractivity contribution in [2.45, 2.75) is 31.7 Å². The van der Waals surface area contributed by atoms with Crippen molar-refractivity contribution in [1.29, 1.82) is 0 Å². The number of hydrogen-bond acceptors (Lipinski definition) is 4. The van der Waals surface area contributed by atoms with E-state index in [9.17, 15) is 9.59 Å². The lowest BCUT2D eigenvalue weighted by Gasteiger charge is -2.27. The molecule has 0 radical (unpaired) electrons. The molecule has 27 heavy (non-hydrogen) atoms. The van der Waals surface area contributed by atoms with Crippen LogP contribution in [0.4, 0.5) is 0 Å². The molecule has 1 aliphatic heterocycles. The van der Waals surface area contributed by atoms with Crippen LogP contribution >= 0.6 is 15.9 Å². The summed E-state index contributed by atoms with van der Waals surface area (Å²) in [6.07, 6.45) is 1.45. The summed E-state index contributed by atoms with van der Waals surface area (Å²) in [5.74, 6) is -0.196. The summed E-state index contributed by atoms with van der Waals surface area (Å²) in [7, 11) is 0. The van der Waals surface area contributed by atoms with E-state index in [-0.39, 0.29) is 29.9 Å². The van der Waals surface area contributed by atoms with Gasteiger partial charge in [-0.25, -0.2) is 0 Å². The second-order valence-electron chi connectivity index (χ2n) is 5.99. The monoisotopic (exact) mass is 430 g/mol. The number of nitrogens with one attached hydrogen (secondary N) is 1. The van der Waals surface area contributed by atoms with E-state index in [1.165, 1.54) is 5.01 Å². The molecule has 7 heteroatoms. The van der Waals surface area contributed by atoms with Crippen LogP contribution in [0.2, 0.25) is 0 Å². The van der Waals surface area contributed by atoms with Gasteiger partial charge in [0, 0.05) is 22.4 Å². The molecule has 2 aromatic rings. The van der Waals surface area contributed by atoms with Crippen molar-refractivity contribution in [3.63, 3.8) is 0 Å². The number of nitrogens with zero attached hydrogens (tertiary/aromatic N) is 1. The van der Waals surface area contributed by atoms with Crippen molar-refractivity contribution >= 4 is 33.9 Å². The Balaban J connectivity index is 0.000000817. The van der Waals surface area contributed by atoms with E-state index >= 15 is 0 Å². The molecule has 2 atom stereocenters. The van der Waals surface area contributed by atoms with Crippen molar-refractivity contribution in [2.24, 2.45) is 0 Å². The highest BCUT2D eigenvalue weighted by molar-refractivity contribution is 9.10. The van der Waals surface area contributed by atoms with Gasteiger partial charge in [0.25, 0.3) is 5.91 Å². The van der Waals surface area contributed by atoms with E-state index in [0.717, 1.165) is 16.5 Å². The van der Waals surface area contributed by atoms with E-state index < -0.39 is 0 Å². The first-order valence-electron chi connectivity index (χ1n) is 8.44. The molecule has 1 aliphatic rings. The molecule has 0 aromatic heterocycles. The molecule has 2 aromatic carbocycles. The first kappa shape index (κ1) is 20.6. The number of hydrazine groups is 1. The fourth-order valence-corrected chi connectivity index (χ4v) is 3.48. The van der Waals surface area contributed by atoms with Gasteiger partial charge in [0.15, 0.2) is 0 Å². The van der Waals surface area contributed by atoms with E-state index in [4.69, 9.17) is 9.59 Å². The van der Waals surface area contributed by atoms with E-state index in [2.05, 4.69) is 21.4 Å². The van der Waals surface area contributed by atoms with Gasteiger partial charge in [0.05, 0.1) is 6.04 Å². The number of carbonyl (C=O) groups is 2. The van der Waals surface area contributed by atoms with Crippen LogP contribution in [0, 0.1) is 0 Å². The zero-order valence-electron chi connectivity index (χ0n) is 14.7. The average Bonchev–Trinajstić information content (AvgIpc) is 2.99. The van der Waals surface area contributed by atoms with Gasteiger partial charge in [0.2, 0.25) is 5.91 Å². The molecule has 0 spiro atoms. The van der Waals surface area contributed by atoms with E-state index in [1.807, 2.05) is 49.4 Å². The molecule has 1 heterocycles. The van der Waals surface area contributed by atoms with Crippen molar-refractivity contribution in [3.05, 3.63) is 70.2 Å². The average molecular weight is 431 g/mol. The molecule has 1 N–H and O–H groups in total. The van der Waals surface area contributed by atoms with Gasteiger partial charge >= 0.3 is 6.15 Å². The summed E-state index contributed by atoms with van der Waals surface area (Å²) in [6, 6.07) is 17.1. The smallest absolute Gasteiger partial charge is 0.273 e. The third-order valence-electron chi connectivity index (χ3n) is 4.43. The van der Waals surface area contributed by atoms with Crippen LogP contribution in [-0.2, 0) is 14.4 Å². The largest absolute Gasteiger partial charge is 0.373 e. The molecule has 2 amide bonds. The Kier molecular flexibility index (Phi) is 7.46. The minimum atomic E-state index is -0.261. The minimum Gasteiger partial charge on any atom is -0.273 e. The van der Waals surface area contributed by atoms with Gasteiger partial charge in [-0.15, -0.1) is 0 Å². The zero-order chi connectivity index (χ0) is 19.8. The fourth-order valence-electron chi connectivity index (χ4n) is 3.22. The Morgan fingerprint density at radius 2 is 1.74 bits per heavy atom. The zero-order valence-corrected chi connectivity index (χ0v) is 16.3. The maximum atomic E-state index is 12.5. The predicted molar refractivity (Wildman–Crippen MR) is 101 cm³/mol. The molecule has 0 bridgehead atoms. The number of amides is 2. The van der Waals surface area contributed by atoms with Crippen LogP contribution in [0.25, 0.3) is 0 Å². The number of carbonyl (C=O) groups excluding carboxylic acids is 4. The molecular formula is C20H19BrN2O4. The van der Waals surface area contributed by atoms with Crippen LogP contribution in [0.5, 0.6) is 0 Å². The van der Waals surface area contributed by atoms with E-state index in [1.54, 1.807) is 12.1 Å². The summed E-state index contributed by atoms with van der Waals surface area (Å²) in [5, 5.41) is 1.52. The third-order valence-corrected chi connectivity index (χ3v) is 4.96. The second-order valence-corrected chi connectivity index (χ2v) is 6.91. The number of benzene rings is 2. The molecule has 0 saturated carbocycles. The summed E-state index contributed by atoms with van der Waals surface area (Å²) >= 11 is 3.35. The highest BCUT2D eigenvalue weighted by Crippen LogP contribution is 2.35. The number of rotatable bonds is 4. The quantitative estimate of drug-likeness (QED) is 0.806.